The van der Waals surface area contributed by atoms with E-state index in [-0.39, 0.29) is 18.0 Å². The van der Waals surface area contributed by atoms with Gasteiger partial charge in [-0.05, 0) is 38.8 Å². The van der Waals surface area contributed by atoms with E-state index in [9.17, 15) is 4.79 Å². The van der Waals surface area contributed by atoms with E-state index in [1.54, 1.807) is 6.07 Å². The maximum atomic E-state index is 12.8. The Morgan fingerprint density at radius 3 is 2.87 bits per heavy atom. The van der Waals surface area contributed by atoms with Gasteiger partial charge in [-0.15, -0.1) is 0 Å². The summed E-state index contributed by atoms with van der Waals surface area (Å²) in [6.07, 6.45) is 6.92. The van der Waals surface area contributed by atoms with Crippen molar-refractivity contribution in [1.82, 2.24) is 19.9 Å². The number of furan rings is 1. The summed E-state index contributed by atoms with van der Waals surface area (Å²) in [5.74, 6) is 0.608. The number of aromatic nitrogens is 3. The predicted octanol–water partition coefficient (Wildman–Crippen LogP) is 3.23. The van der Waals surface area contributed by atoms with Gasteiger partial charge in [0.05, 0.1) is 5.56 Å². The van der Waals surface area contributed by atoms with Crippen molar-refractivity contribution < 1.29 is 9.21 Å². The SMILES string of the molecule is CC1CC[C@@H](C)N1C(=O)c1coc(-c2ncnc3[nH]ccc23)c1. The molecule has 3 aromatic rings. The smallest absolute Gasteiger partial charge is 0.257 e. The van der Waals surface area contributed by atoms with Gasteiger partial charge in [0.2, 0.25) is 0 Å². The summed E-state index contributed by atoms with van der Waals surface area (Å²) in [6, 6.07) is 4.21. The number of nitrogens with one attached hydrogen (secondary N) is 1. The molecule has 1 saturated heterocycles. The van der Waals surface area contributed by atoms with E-state index in [2.05, 4.69) is 28.8 Å². The summed E-state index contributed by atoms with van der Waals surface area (Å²) < 4.78 is 5.63. The van der Waals surface area contributed by atoms with Crippen molar-refractivity contribution in [2.45, 2.75) is 38.8 Å². The fourth-order valence-corrected chi connectivity index (χ4v) is 3.39. The largest absolute Gasteiger partial charge is 0.462 e. The van der Waals surface area contributed by atoms with Crippen molar-refractivity contribution in [3.63, 3.8) is 0 Å². The van der Waals surface area contributed by atoms with Crippen molar-refractivity contribution in [1.29, 1.82) is 0 Å². The summed E-state index contributed by atoms with van der Waals surface area (Å²) >= 11 is 0. The number of likely N-dealkylation sites (tertiary alicyclic amines) is 1. The van der Waals surface area contributed by atoms with Crippen LogP contribution in [0.1, 0.15) is 37.0 Å². The van der Waals surface area contributed by atoms with Crippen molar-refractivity contribution in [2.75, 3.05) is 0 Å². The van der Waals surface area contributed by atoms with Gasteiger partial charge >= 0.3 is 0 Å². The van der Waals surface area contributed by atoms with Gasteiger partial charge in [-0.2, -0.15) is 0 Å². The molecule has 118 valence electrons. The second kappa shape index (κ2) is 5.22. The third kappa shape index (κ3) is 2.21. The fraction of sp³-hybridized carbons (Fsp3) is 0.353. The van der Waals surface area contributed by atoms with Crippen LogP contribution in [0.2, 0.25) is 0 Å². The molecular formula is C17H18N4O2. The molecule has 1 aliphatic rings. The highest BCUT2D eigenvalue weighted by Crippen LogP contribution is 2.29. The number of carbonyl (C=O) groups is 1. The molecule has 6 heteroatoms. The molecule has 0 aliphatic carbocycles. The van der Waals surface area contributed by atoms with Crippen LogP contribution in [0.3, 0.4) is 0 Å². The molecule has 0 spiro atoms. The van der Waals surface area contributed by atoms with Gasteiger partial charge in [0, 0.05) is 23.7 Å². The molecule has 1 aliphatic heterocycles. The van der Waals surface area contributed by atoms with Crippen LogP contribution < -0.4 is 0 Å². The second-order valence-electron chi connectivity index (χ2n) is 6.15. The number of carbonyl (C=O) groups excluding carboxylic acids is 1. The quantitative estimate of drug-likeness (QED) is 0.788. The summed E-state index contributed by atoms with van der Waals surface area (Å²) in [5, 5.41) is 0.878. The zero-order valence-electron chi connectivity index (χ0n) is 13.1. The molecule has 0 saturated carbocycles. The molecule has 2 atom stereocenters. The Kier molecular flexibility index (Phi) is 3.18. The Labute approximate surface area is 133 Å². The second-order valence-corrected chi connectivity index (χ2v) is 6.15. The van der Waals surface area contributed by atoms with Crippen LogP contribution in [0.5, 0.6) is 0 Å². The minimum Gasteiger partial charge on any atom is -0.462 e. The Morgan fingerprint density at radius 2 is 2.09 bits per heavy atom. The molecule has 1 unspecified atom stereocenters. The Balaban J connectivity index is 1.69. The normalized spacial score (nSPS) is 21.2. The van der Waals surface area contributed by atoms with Crippen molar-refractivity contribution in [3.05, 3.63) is 36.5 Å². The van der Waals surface area contributed by atoms with E-state index in [1.165, 1.54) is 12.6 Å². The van der Waals surface area contributed by atoms with Crippen molar-refractivity contribution in [2.24, 2.45) is 0 Å². The van der Waals surface area contributed by atoms with Crippen LogP contribution in [0.4, 0.5) is 0 Å². The Bertz CT molecular complexity index is 856. The van der Waals surface area contributed by atoms with Crippen LogP contribution in [0, 0.1) is 0 Å². The van der Waals surface area contributed by atoms with E-state index in [4.69, 9.17) is 4.42 Å². The number of aromatic amines is 1. The monoisotopic (exact) mass is 310 g/mol. The minimum absolute atomic E-state index is 0.0249. The lowest BCUT2D eigenvalue weighted by atomic mass is 10.2. The molecule has 1 fully saturated rings. The van der Waals surface area contributed by atoms with Gasteiger partial charge in [-0.25, -0.2) is 9.97 Å². The number of nitrogens with zero attached hydrogens (tertiary/aromatic N) is 3. The lowest BCUT2D eigenvalue weighted by molar-refractivity contribution is 0.0692. The van der Waals surface area contributed by atoms with Crippen LogP contribution in [-0.2, 0) is 0 Å². The first kappa shape index (κ1) is 14.0. The van der Waals surface area contributed by atoms with Gasteiger partial charge in [-0.1, -0.05) is 0 Å². The van der Waals surface area contributed by atoms with E-state index in [0.29, 0.717) is 17.0 Å². The predicted molar refractivity (Wildman–Crippen MR) is 85.9 cm³/mol. The van der Waals surface area contributed by atoms with Crippen LogP contribution >= 0.6 is 0 Å². The number of rotatable bonds is 2. The number of fused-ring (bicyclic) bond motifs is 1. The number of hydrogen-bond acceptors (Lipinski definition) is 4. The van der Waals surface area contributed by atoms with Gasteiger partial charge < -0.3 is 14.3 Å². The zero-order chi connectivity index (χ0) is 16.0. The summed E-state index contributed by atoms with van der Waals surface area (Å²) in [5.41, 5.74) is 2.02. The zero-order valence-corrected chi connectivity index (χ0v) is 13.1. The Morgan fingerprint density at radius 1 is 1.30 bits per heavy atom. The molecular weight excluding hydrogens is 292 g/mol. The highest BCUT2D eigenvalue weighted by atomic mass is 16.3. The van der Waals surface area contributed by atoms with Gasteiger partial charge in [0.1, 0.15) is 23.9 Å². The van der Waals surface area contributed by atoms with Crippen LogP contribution in [0.25, 0.3) is 22.5 Å². The summed E-state index contributed by atoms with van der Waals surface area (Å²) in [6.45, 7) is 4.19. The van der Waals surface area contributed by atoms with E-state index < -0.39 is 0 Å². The average Bonchev–Trinajstić information content (AvgIpc) is 3.26. The summed E-state index contributed by atoms with van der Waals surface area (Å²) in [4.78, 5) is 26.2. The van der Waals surface area contributed by atoms with Crippen molar-refractivity contribution >= 4 is 16.9 Å². The third-order valence-electron chi connectivity index (χ3n) is 4.62. The van der Waals surface area contributed by atoms with Crippen LogP contribution in [0.15, 0.2) is 35.3 Å². The van der Waals surface area contributed by atoms with Gasteiger partial charge in [0.15, 0.2) is 5.76 Å². The molecule has 0 aromatic carbocycles. The highest BCUT2D eigenvalue weighted by Gasteiger charge is 2.32. The lowest BCUT2D eigenvalue weighted by Crippen LogP contribution is -2.38. The molecule has 1 N–H and O–H groups in total. The van der Waals surface area contributed by atoms with Gasteiger partial charge in [-0.3, -0.25) is 4.79 Å². The number of hydrogen-bond donors (Lipinski definition) is 1. The van der Waals surface area contributed by atoms with E-state index in [0.717, 1.165) is 23.9 Å². The summed E-state index contributed by atoms with van der Waals surface area (Å²) in [7, 11) is 0. The van der Waals surface area contributed by atoms with Crippen molar-refractivity contribution in [3.8, 4) is 11.5 Å². The molecule has 4 heterocycles. The maximum Gasteiger partial charge on any atom is 0.257 e. The number of H-pyrrole nitrogens is 1. The minimum atomic E-state index is 0.0249. The third-order valence-corrected chi connectivity index (χ3v) is 4.62. The topological polar surface area (TPSA) is 75.0 Å². The van der Waals surface area contributed by atoms with E-state index >= 15 is 0 Å². The van der Waals surface area contributed by atoms with Gasteiger partial charge in [0.25, 0.3) is 5.91 Å². The molecule has 6 nitrogen and oxygen atoms in total. The Hall–Kier alpha value is -2.63. The molecule has 1 amide bonds. The first-order valence-corrected chi connectivity index (χ1v) is 7.85. The molecule has 4 rings (SSSR count). The average molecular weight is 310 g/mol. The lowest BCUT2D eigenvalue weighted by Gasteiger charge is -2.25. The standard InChI is InChI=1S/C17H18N4O2/c1-10-3-4-11(2)21(10)17(22)12-7-14(23-8-12)15-13-5-6-18-16(13)20-9-19-15/h5-11H,3-4H2,1-2H3,(H,18,19,20)/t10-,11?/m1/s1. The maximum absolute atomic E-state index is 12.8. The van der Waals surface area contributed by atoms with Crippen LogP contribution in [-0.4, -0.2) is 37.8 Å². The highest BCUT2D eigenvalue weighted by molar-refractivity contribution is 5.97. The molecule has 0 radical (unpaired) electrons. The molecule has 0 bridgehead atoms. The molecule has 3 aromatic heterocycles. The molecule has 23 heavy (non-hydrogen) atoms. The number of amides is 1. The first-order valence-electron chi connectivity index (χ1n) is 7.85. The van der Waals surface area contributed by atoms with E-state index in [1.807, 2.05) is 17.2 Å². The fourth-order valence-electron chi connectivity index (χ4n) is 3.39. The first-order chi connectivity index (χ1) is 11.1.